The van der Waals surface area contributed by atoms with Crippen molar-refractivity contribution in [2.24, 2.45) is 0 Å². The van der Waals surface area contributed by atoms with Crippen LogP contribution in [0.3, 0.4) is 0 Å². The Labute approximate surface area is 211 Å². The van der Waals surface area contributed by atoms with Crippen LogP contribution in [-0.4, -0.2) is 43.0 Å². The van der Waals surface area contributed by atoms with Gasteiger partial charge in [-0.05, 0) is 47.9 Å². The Morgan fingerprint density at radius 2 is 1.60 bits per heavy atom. The SMILES string of the molecule is CCCNC(=O)[C@H](Cc1ccccc1)N(Cc1ccccc1Cl)C(=O)COc1ccc(OC)cc1. The molecule has 3 aromatic carbocycles. The lowest BCUT2D eigenvalue weighted by molar-refractivity contribution is -0.142. The van der Waals surface area contributed by atoms with E-state index in [1.165, 1.54) is 0 Å². The molecule has 0 unspecified atom stereocenters. The van der Waals surface area contributed by atoms with Gasteiger partial charge in [0.15, 0.2) is 6.61 Å². The average Bonchev–Trinajstić information content (AvgIpc) is 2.89. The minimum Gasteiger partial charge on any atom is -0.497 e. The highest BCUT2D eigenvalue weighted by Crippen LogP contribution is 2.21. The molecule has 1 N–H and O–H groups in total. The van der Waals surface area contributed by atoms with Crippen LogP contribution in [0.2, 0.25) is 5.02 Å². The van der Waals surface area contributed by atoms with E-state index in [1.54, 1.807) is 42.3 Å². The van der Waals surface area contributed by atoms with E-state index < -0.39 is 6.04 Å². The monoisotopic (exact) mass is 494 g/mol. The zero-order valence-electron chi connectivity index (χ0n) is 20.1. The maximum atomic E-state index is 13.5. The number of amides is 2. The highest BCUT2D eigenvalue weighted by Gasteiger charge is 2.31. The fourth-order valence-electron chi connectivity index (χ4n) is 3.63. The van der Waals surface area contributed by atoms with Gasteiger partial charge in [-0.3, -0.25) is 9.59 Å². The smallest absolute Gasteiger partial charge is 0.261 e. The standard InChI is InChI=1S/C28H31ClN2O4/c1-3-17-30-28(33)26(18-21-9-5-4-6-10-21)31(19-22-11-7-8-12-25(22)29)27(32)20-35-24-15-13-23(34-2)14-16-24/h4-16,26H,3,17-20H2,1-2H3,(H,30,33)/t26-/m0/s1. The molecule has 7 heteroatoms. The Bertz CT molecular complexity index is 1090. The van der Waals surface area contributed by atoms with Gasteiger partial charge in [-0.2, -0.15) is 0 Å². The minimum absolute atomic E-state index is 0.182. The molecule has 2 amide bonds. The highest BCUT2D eigenvalue weighted by molar-refractivity contribution is 6.31. The molecule has 0 radical (unpaired) electrons. The maximum absolute atomic E-state index is 13.5. The molecule has 0 spiro atoms. The quantitative estimate of drug-likeness (QED) is 0.389. The topological polar surface area (TPSA) is 67.9 Å². The van der Waals surface area contributed by atoms with Crippen molar-refractivity contribution in [1.82, 2.24) is 10.2 Å². The molecule has 0 fully saturated rings. The zero-order chi connectivity index (χ0) is 25.0. The Morgan fingerprint density at radius 1 is 0.943 bits per heavy atom. The molecule has 1 atom stereocenters. The normalized spacial score (nSPS) is 11.4. The summed E-state index contributed by atoms with van der Waals surface area (Å²) in [6, 6.07) is 23.3. The van der Waals surface area contributed by atoms with E-state index in [0.29, 0.717) is 29.5 Å². The lowest BCUT2D eigenvalue weighted by atomic mass is 10.0. The molecule has 0 aromatic heterocycles. The van der Waals surface area contributed by atoms with Crippen LogP contribution in [0.15, 0.2) is 78.9 Å². The largest absolute Gasteiger partial charge is 0.497 e. The molecule has 3 rings (SSSR count). The van der Waals surface area contributed by atoms with Crippen LogP contribution in [-0.2, 0) is 22.6 Å². The van der Waals surface area contributed by atoms with Crippen LogP contribution in [0.4, 0.5) is 0 Å². The van der Waals surface area contributed by atoms with E-state index in [1.807, 2.05) is 55.5 Å². The molecule has 0 heterocycles. The van der Waals surface area contributed by atoms with Gasteiger partial charge in [0.05, 0.1) is 7.11 Å². The first kappa shape index (κ1) is 26.1. The summed E-state index contributed by atoms with van der Waals surface area (Å²) in [4.78, 5) is 28.4. The summed E-state index contributed by atoms with van der Waals surface area (Å²) < 4.78 is 10.9. The molecule has 35 heavy (non-hydrogen) atoms. The van der Waals surface area contributed by atoms with Crippen molar-refractivity contribution in [3.8, 4) is 11.5 Å². The van der Waals surface area contributed by atoms with Crippen molar-refractivity contribution >= 4 is 23.4 Å². The lowest BCUT2D eigenvalue weighted by Crippen LogP contribution is -2.51. The number of nitrogens with one attached hydrogen (secondary N) is 1. The van der Waals surface area contributed by atoms with E-state index in [0.717, 1.165) is 17.5 Å². The Morgan fingerprint density at radius 3 is 2.26 bits per heavy atom. The number of nitrogens with zero attached hydrogens (tertiary/aromatic N) is 1. The first-order valence-corrected chi connectivity index (χ1v) is 12.0. The van der Waals surface area contributed by atoms with Gasteiger partial charge in [0, 0.05) is 24.5 Å². The van der Waals surface area contributed by atoms with Gasteiger partial charge in [-0.25, -0.2) is 0 Å². The molecule has 0 aliphatic heterocycles. The summed E-state index contributed by atoms with van der Waals surface area (Å²) in [5, 5.41) is 3.49. The molecular weight excluding hydrogens is 464 g/mol. The Balaban J connectivity index is 1.88. The maximum Gasteiger partial charge on any atom is 0.261 e. The Kier molecular flexibility index (Phi) is 9.99. The lowest BCUT2D eigenvalue weighted by Gasteiger charge is -2.31. The number of hydrogen-bond acceptors (Lipinski definition) is 4. The van der Waals surface area contributed by atoms with Crippen LogP contribution in [0.5, 0.6) is 11.5 Å². The van der Waals surface area contributed by atoms with E-state index in [-0.39, 0.29) is 25.0 Å². The van der Waals surface area contributed by atoms with E-state index >= 15 is 0 Å². The van der Waals surface area contributed by atoms with Gasteiger partial charge in [-0.15, -0.1) is 0 Å². The summed E-state index contributed by atoms with van der Waals surface area (Å²) in [7, 11) is 1.59. The first-order chi connectivity index (χ1) is 17.0. The van der Waals surface area contributed by atoms with Gasteiger partial charge in [0.1, 0.15) is 17.5 Å². The first-order valence-electron chi connectivity index (χ1n) is 11.6. The van der Waals surface area contributed by atoms with Crippen LogP contribution in [0.1, 0.15) is 24.5 Å². The van der Waals surface area contributed by atoms with Crippen molar-refractivity contribution < 1.29 is 19.1 Å². The number of ether oxygens (including phenoxy) is 2. The highest BCUT2D eigenvalue weighted by atomic mass is 35.5. The number of halogens is 1. The molecule has 0 saturated heterocycles. The number of rotatable bonds is 12. The molecule has 0 bridgehead atoms. The molecule has 0 saturated carbocycles. The third kappa shape index (κ3) is 7.76. The second-order valence-electron chi connectivity index (χ2n) is 8.07. The molecule has 6 nitrogen and oxygen atoms in total. The van der Waals surface area contributed by atoms with Crippen molar-refractivity contribution in [2.75, 3.05) is 20.3 Å². The second kappa shape index (κ2) is 13.4. The predicted octanol–water partition coefficient (Wildman–Crippen LogP) is 4.89. The van der Waals surface area contributed by atoms with Crippen LogP contribution in [0.25, 0.3) is 0 Å². The zero-order valence-corrected chi connectivity index (χ0v) is 20.8. The van der Waals surface area contributed by atoms with Gasteiger partial charge in [0.2, 0.25) is 5.91 Å². The molecule has 184 valence electrons. The number of hydrogen-bond donors (Lipinski definition) is 1. The van der Waals surface area contributed by atoms with Gasteiger partial charge < -0.3 is 19.7 Å². The Hall–Kier alpha value is -3.51. The van der Waals surface area contributed by atoms with Gasteiger partial charge >= 0.3 is 0 Å². The van der Waals surface area contributed by atoms with Gasteiger partial charge in [-0.1, -0.05) is 67.1 Å². The summed E-state index contributed by atoms with van der Waals surface area (Å²) in [5.74, 6) is 0.709. The van der Waals surface area contributed by atoms with Crippen LogP contribution >= 0.6 is 11.6 Å². The van der Waals surface area contributed by atoms with Crippen molar-refractivity contribution in [1.29, 1.82) is 0 Å². The third-order valence-corrected chi connectivity index (χ3v) is 5.91. The third-order valence-electron chi connectivity index (χ3n) is 5.54. The molecule has 0 aliphatic carbocycles. The minimum atomic E-state index is -0.729. The van der Waals surface area contributed by atoms with E-state index in [9.17, 15) is 9.59 Å². The molecule has 0 aliphatic rings. The van der Waals surface area contributed by atoms with Crippen molar-refractivity contribution in [2.45, 2.75) is 32.4 Å². The number of carbonyl (C=O) groups is 2. The summed E-state index contributed by atoms with van der Waals surface area (Å²) >= 11 is 6.42. The summed E-state index contributed by atoms with van der Waals surface area (Å²) in [6.45, 7) is 2.48. The summed E-state index contributed by atoms with van der Waals surface area (Å²) in [6.07, 6.45) is 1.16. The van der Waals surface area contributed by atoms with Gasteiger partial charge in [0.25, 0.3) is 5.91 Å². The van der Waals surface area contributed by atoms with E-state index in [2.05, 4.69) is 5.32 Å². The molecule has 3 aromatic rings. The van der Waals surface area contributed by atoms with Crippen molar-refractivity contribution in [3.05, 3.63) is 95.0 Å². The average molecular weight is 495 g/mol. The molecular formula is C28H31ClN2O4. The predicted molar refractivity (Wildman–Crippen MR) is 138 cm³/mol. The number of methoxy groups -OCH3 is 1. The van der Waals surface area contributed by atoms with Crippen LogP contribution in [0, 0.1) is 0 Å². The fraction of sp³-hybridized carbons (Fsp3) is 0.286. The fourth-order valence-corrected chi connectivity index (χ4v) is 3.83. The van der Waals surface area contributed by atoms with Crippen LogP contribution < -0.4 is 14.8 Å². The number of benzene rings is 3. The van der Waals surface area contributed by atoms with Crippen molar-refractivity contribution in [3.63, 3.8) is 0 Å². The van der Waals surface area contributed by atoms with E-state index in [4.69, 9.17) is 21.1 Å². The number of carbonyl (C=O) groups excluding carboxylic acids is 2. The second-order valence-corrected chi connectivity index (χ2v) is 8.48. The summed E-state index contributed by atoms with van der Waals surface area (Å²) in [5.41, 5.74) is 1.71.